The minimum absolute atomic E-state index is 0.106. The highest BCUT2D eigenvalue weighted by atomic mass is 35.5. The van der Waals surface area contributed by atoms with Gasteiger partial charge in [-0.05, 0) is 35.4 Å². The SMILES string of the molecule is NCc1cccc(Cn2nc(NS(=O)(=O)c3sc(Cl)cc3S(=O)(=O)c3ccc(Cl)s3)c3c(C(F)F)cccc32)c1. The lowest BCUT2D eigenvalue weighted by molar-refractivity contribution is 0.153. The van der Waals surface area contributed by atoms with Gasteiger partial charge in [-0.1, -0.05) is 59.6 Å². The fraction of sp³-hybridized carbons (Fsp3) is 0.125. The monoisotopic (exact) mass is 662 g/mol. The van der Waals surface area contributed by atoms with E-state index in [1.54, 1.807) is 12.1 Å². The summed E-state index contributed by atoms with van der Waals surface area (Å²) >= 11 is 13.2. The molecule has 0 unspecified atom stereocenters. The van der Waals surface area contributed by atoms with Gasteiger partial charge in [0.25, 0.3) is 16.4 Å². The molecule has 40 heavy (non-hydrogen) atoms. The van der Waals surface area contributed by atoms with Gasteiger partial charge in [-0.2, -0.15) is 5.10 Å². The Bertz CT molecular complexity index is 1950. The first-order chi connectivity index (χ1) is 18.9. The number of nitrogens with zero attached hydrogens (tertiary/aromatic N) is 2. The summed E-state index contributed by atoms with van der Waals surface area (Å²) in [6, 6.07) is 15.0. The van der Waals surface area contributed by atoms with Crippen LogP contribution in [0.15, 0.2) is 74.0 Å². The molecule has 0 spiro atoms. The molecule has 5 aromatic rings. The van der Waals surface area contributed by atoms with E-state index in [4.69, 9.17) is 28.9 Å². The minimum Gasteiger partial charge on any atom is -0.326 e. The van der Waals surface area contributed by atoms with Crippen molar-refractivity contribution in [2.75, 3.05) is 4.72 Å². The van der Waals surface area contributed by atoms with Gasteiger partial charge < -0.3 is 5.73 Å². The van der Waals surface area contributed by atoms with Crippen molar-refractivity contribution in [3.8, 4) is 0 Å². The summed E-state index contributed by atoms with van der Waals surface area (Å²) in [4.78, 5) is -0.565. The van der Waals surface area contributed by atoms with E-state index in [0.717, 1.165) is 28.5 Å². The summed E-state index contributed by atoms with van der Waals surface area (Å²) in [5.74, 6) is -0.382. The molecule has 210 valence electrons. The zero-order valence-electron chi connectivity index (χ0n) is 20.0. The van der Waals surface area contributed by atoms with Crippen molar-refractivity contribution >= 4 is 82.5 Å². The van der Waals surface area contributed by atoms with Crippen LogP contribution in [0, 0.1) is 0 Å². The van der Waals surface area contributed by atoms with E-state index >= 15 is 0 Å². The Morgan fingerprint density at radius 3 is 2.35 bits per heavy atom. The quantitative estimate of drug-likeness (QED) is 0.185. The van der Waals surface area contributed by atoms with Gasteiger partial charge in [-0.15, -0.1) is 22.7 Å². The third-order valence-electron chi connectivity index (χ3n) is 5.82. The van der Waals surface area contributed by atoms with Crippen LogP contribution in [0.25, 0.3) is 10.9 Å². The molecule has 8 nitrogen and oxygen atoms in total. The molecular formula is C24H18Cl2F2N4O4S4. The average Bonchev–Trinajstić information content (AvgIpc) is 3.62. The summed E-state index contributed by atoms with van der Waals surface area (Å²) in [5, 5.41) is 4.21. The number of benzene rings is 2. The predicted molar refractivity (Wildman–Crippen MR) is 153 cm³/mol. The topological polar surface area (TPSA) is 124 Å². The average molecular weight is 664 g/mol. The van der Waals surface area contributed by atoms with Crippen LogP contribution in [0.4, 0.5) is 14.6 Å². The number of rotatable bonds is 9. The van der Waals surface area contributed by atoms with Gasteiger partial charge in [0.15, 0.2) is 10.0 Å². The van der Waals surface area contributed by atoms with E-state index in [1.165, 1.54) is 35.0 Å². The number of hydrogen-bond donors (Lipinski definition) is 2. The van der Waals surface area contributed by atoms with Crippen LogP contribution >= 0.6 is 45.9 Å². The van der Waals surface area contributed by atoms with Gasteiger partial charge in [0, 0.05) is 12.1 Å². The highest BCUT2D eigenvalue weighted by molar-refractivity contribution is 7.97. The molecule has 16 heteroatoms. The number of anilines is 1. The first-order valence-electron chi connectivity index (χ1n) is 11.3. The van der Waals surface area contributed by atoms with Gasteiger partial charge >= 0.3 is 0 Å². The van der Waals surface area contributed by atoms with Gasteiger partial charge in [0.05, 0.1) is 26.1 Å². The number of sulfonamides is 1. The molecule has 0 bridgehead atoms. The lowest BCUT2D eigenvalue weighted by Crippen LogP contribution is -2.16. The number of halogens is 4. The lowest BCUT2D eigenvalue weighted by atomic mass is 10.1. The van der Waals surface area contributed by atoms with Crippen LogP contribution in [-0.2, 0) is 33.0 Å². The summed E-state index contributed by atoms with van der Waals surface area (Å²) in [5.41, 5.74) is 7.14. The number of alkyl halides is 2. The Hall–Kier alpha value is -2.59. The molecule has 5 rings (SSSR count). The summed E-state index contributed by atoms with van der Waals surface area (Å²) in [7, 11) is -9.00. The number of thiophene rings is 2. The van der Waals surface area contributed by atoms with Crippen LogP contribution < -0.4 is 10.5 Å². The number of nitrogens with two attached hydrogens (primary N) is 1. The third kappa shape index (κ3) is 5.49. The Morgan fingerprint density at radius 2 is 1.68 bits per heavy atom. The van der Waals surface area contributed by atoms with E-state index in [9.17, 15) is 25.6 Å². The second kappa shape index (κ2) is 11.0. The second-order valence-electron chi connectivity index (χ2n) is 8.44. The van der Waals surface area contributed by atoms with Crippen LogP contribution in [0.5, 0.6) is 0 Å². The normalized spacial score (nSPS) is 12.4. The number of aromatic nitrogens is 2. The van der Waals surface area contributed by atoms with E-state index in [-0.39, 0.29) is 36.1 Å². The van der Waals surface area contributed by atoms with Crippen LogP contribution in [0.1, 0.15) is 23.1 Å². The molecule has 0 saturated heterocycles. The van der Waals surface area contributed by atoms with Crippen molar-refractivity contribution < 1.29 is 25.6 Å². The van der Waals surface area contributed by atoms with Gasteiger partial charge in [-0.3, -0.25) is 9.40 Å². The fourth-order valence-corrected chi connectivity index (χ4v) is 10.8. The predicted octanol–water partition coefficient (Wildman–Crippen LogP) is 6.54. The Labute approximate surface area is 245 Å². The fourth-order valence-electron chi connectivity index (χ4n) is 4.09. The molecule has 0 aliphatic rings. The molecule has 3 N–H and O–H groups in total. The third-order valence-corrected chi connectivity index (χ3v) is 12.7. The van der Waals surface area contributed by atoms with Gasteiger partial charge in [0.2, 0.25) is 9.84 Å². The van der Waals surface area contributed by atoms with Crippen LogP contribution in [0.3, 0.4) is 0 Å². The standard InChI is InChI=1S/C24H18Cl2F2N4O4S4/c25-18-7-8-20(37-18)39(33,34)17-10-19(26)38-24(17)40(35,36)31-23-21-15(22(27)28)5-2-6-16(21)32(30-23)12-14-4-1-3-13(9-14)11-29/h1-10,22H,11-12,29H2,(H,30,31). The van der Waals surface area contributed by atoms with Crippen molar-refractivity contribution in [1.82, 2.24) is 9.78 Å². The van der Waals surface area contributed by atoms with Gasteiger partial charge in [0.1, 0.15) is 9.10 Å². The van der Waals surface area contributed by atoms with Gasteiger partial charge in [-0.25, -0.2) is 25.6 Å². The minimum atomic E-state index is -4.67. The number of nitrogens with one attached hydrogen (secondary N) is 1. The molecule has 0 saturated carbocycles. The molecule has 3 heterocycles. The molecular weight excluding hydrogens is 645 g/mol. The molecule has 0 amide bonds. The van der Waals surface area contributed by atoms with E-state index in [0.29, 0.717) is 17.9 Å². The second-order valence-corrected chi connectivity index (χ2v) is 15.9. The van der Waals surface area contributed by atoms with Crippen molar-refractivity contribution in [3.63, 3.8) is 0 Å². The van der Waals surface area contributed by atoms with Crippen molar-refractivity contribution in [2.45, 2.75) is 32.8 Å². The molecule has 0 fully saturated rings. The maximum absolute atomic E-state index is 14.0. The first kappa shape index (κ1) is 28.9. The molecule has 0 radical (unpaired) electrons. The summed E-state index contributed by atoms with van der Waals surface area (Å²) in [6.45, 7) is 0.420. The Morgan fingerprint density at radius 1 is 0.950 bits per heavy atom. The number of sulfone groups is 1. The number of hydrogen-bond acceptors (Lipinski definition) is 8. The highest BCUT2D eigenvalue weighted by Crippen LogP contribution is 2.41. The maximum Gasteiger partial charge on any atom is 0.274 e. The first-order valence-corrected chi connectivity index (χ1v) is 16.6. The number of fused-ring (bicyclic) bond motifs is 1. The maximum atomic E-state index is 14.0. The largest absolute Gasteiger partial charge is 0.326 e. The molecule has 0 atom stereocenters. The van der Waals surface area contributed by atoms with Crippen LogP contribution in [-0.4, -0.2) is 26.6 Å². The zero-order valence-corrected chi connectivity index (χ0v) is 24.8. The molecule has 3 aromatic heterocycles. The van der Waals surface area contributed by atoms with E-state index in [2.05, 4.69) is 9.82 Å². The smallest absolute Gasteiger partial charge is 0.274 e. The van der Waals surface area contributed by atoms with Crippen molar-refractivity contribution in [3.05, 3.63) is 86.0 Å². The van der Waals surface area contributed by atoms with Crippen molar-refractivity contribution in [2.24, 2.45) is 5.73 Å². The summed E-state index contributed by atoms with van der Waals surface area (Å²) < 4.78 is 84.8. The van der Waals surface area contributed by atoms with Crippen LogP contribution in [0.2, 0.25) is 8.67 Å². The summed E-state index contributed by atoms with van der Waals surface area (Å²) in [6.07, 6.45) is -2.94. The zero-order chi connectivity index (χ0) is 28.8. The van der Waals surface area contributed by atoms with E-state index in [1.807, 2.05) is 12.1 Å². The molecule has 2 aromatic carbocycles. The Kier molecular flexibility index (Phi) is 7.96. The van der Waals surface area contributed by atoms with E-state index < -0.39 is 41.0 Å². The van der Waals surface area contributed by atoms with Crippen molar-refractivity contribution in [1.29, 1.82) is 0 Å². The lowest BCUT2D eigenvalue weighted by Gasteiger charge is -2.08. The highest BCUT2D eigenvalue weighted by Gasteiger charge is 2.33. The molecule has 0 aliphatic heterocycles. The Balaban J connectivity index is 1.62. The molecule has 0 aliphatic carbocycles.